The molecule has 0 saturated carbocycles. The fourth-order valence-corrected chi connectivity index (χ4v) is 1.72. The Balaban J connectivity index is 2.46. The Bertz CT molecular complexity index is 345. The fourth-order valence-electron chi connectivity index (χ4n) is 1.72. The van der Waals surface area contributed by atoms with E-state index in [0.717, 1.165) is 18.8 Å². The van der Waals surface area contributed by atoms with Gasteiger partial charge in [-0.1, -0.05) is 0 Å². The molecule has 0 fully saturated rings. The summed E-state index contributed by atoms with van der Waals surface area (Å²) < 4.78 is 1.78. The van der Waals surface area contributed by atoms with E-state index in [2.05, 4.69) is 12.0 Å². The van der Waals surface area contributed by atoms with Crippen LogP contribution in [0.3, 0.4) is 0 Å². The lowest BCUT2D eigenvalue weighted by Gasteiger charge is -2.29. The number of carboxylic acid groups (broad SMARTS) is 1. The first-order chi connectivity index (χ1) is 6.59. The Morgan fingerprint density at radius 3 is 3.00 bits per heavy atom. The van der Waals surface area contributed by atoms with Gasteiger partial charge in [0.1, 0.15) is 5.82 Å². The van der Waals surface area contributed by atoms with Crippen LogP contribution in [0.5, 0.6) is 0 Å². The third-order valence-electron chi connectivity index (χ3n) is 2.63. The second-order valence-electron chi connectivity index (χ2n) is 3.70. The summed E-state index contributed by atoms with van der Waals surface area (Å²) in [5, 5.41) is 12.9. The Hall–Kier alpha value is -1.52. The molecule has 2 heterocycles. The van der Waals surface area contributed by atoms with Crippen molar-refractivity contribution < 1.29 is 9.90 Å². The van der Waals surface area contributed by atoms with Crippen molar-refractivity contribution in [3.8, 4) is 0 Å². The van der Waals surface area contributed by atoms with Gasteiger partial charge in [0.15, 0.2) is 5.69 Å². The van der Waals surface area contributed by atoms with Crippen LogP contribution in [0.1, 0.15) is 29.9 Å². The minimum atomic E-state index is -0.965. The SMILES string of the molecule is CC1CCN(C)c2cc(C(=O)O)nn21. The maximum Gasteiger partial charge on any atom is 0.356 e. The molecule has 1 aromatic rings. The molecule has 1 atom stereocenters. The zero-order valence-corrected chi connectivity index (χ0v) is 8.27. The Labute approximate surface area is 81.9 Å². The predicted octanol–water partition coefficient (Wildman–Crippen LogP) is 0.982. The van der Waals surface area contributed by atoms with Gasteiger partial charge in [0, 0.05) is 19.7 Å². The number of nitrogens with zero attached hydrogens (tertiary/aromatic N) is 3. The first kappa shape index (κ1) is 9.05. The van der Waals surface area contributed by atoms with Crippen LogP contribution in [-0.4, -0.2) is 34.4 Å². The van der Waals surface area contributed by atoms with E-state index in [4.69, 9.17) is 5.11 Å². The van der Waals surface area contributed by atoms with Gasteiger partial charge in [-0.25, -0.2) is 9.48 Å². The zero-order valence-electron chi connectivity index (χ0n) is 8.27. The molecule has 0 spiro atoms. The smallest absolute Gasteiger partial charge is 0.356 e. The average molecular weight is 195 g/mol. The molecule has 0 saturated heterocycles. The molecule has 0 amide bonds. The van der Waals surface area contributed by atoms with Crippen LogP contribution < -0.4 is 4.90 Å². The van der Waals surface area contributed by atoms with Crippen molar-refractivity contribution in [3.05, 3.63) is 11.8 Å². The molecular formula is C9H13N3O2. The lowest BCUT2D eigenvalue weighted by Crippen LogP contribution is -2.30. The van der Waals surface area contributed by atoms with Gasteiger partial charge in [-0.3, -0.25) is 0 Å². The number of anilines is 1. The molecule has 2 rings (SSSR count). The molecule has 0 bridgehead atoms. The molecule has 0 radical (unpaired) electrons. The third kappa shape index (κ3) is 1.25. The number of carbonyl (C=O) groups is 1. The highest BCUT2D eigenvalue weighted by atomic mass is 16.4. The number of hydrogen-bond acceptors (Lipinski definition) is 3. The summed E-state index contributed by atoms with van der Waals surface area (Å²) >= 11 is 0. The summed E-state index contributed by atoms with van der Waals surface area (Å²) in [6.45, 7) is 3.00. The maximum absolute atomic E-state index is 10.7. The minimum absolute atomic E-state index is 0.126. The van der Waals surface area contributed by atoms with Crippen LogP contribution in [0.25, 0.3) is 0 Å². The van der Waals surface area contributed by atoms with Crippen LogP contribution in [0.4, 0.5) is 5.82 Å². The highest BCUT2D eigenvalue weighted by molar-refractivity contribution is 5.86. The Kier molecular flexibility index (Phi) is 1.94. The summed E-state index contributed by atoms with van der Waals surface area (Å²) in [6, 6.07) is 1.91. The summed E-state index contributed by atoms with van der Waals surface area (Å²) in [4.78, 5) is 12.8. The van der Waals surface area contributed by atoms with Gasteiger partial charge in [-0.15, -0.1) is 0 Å². The molecule has 0 aliphatic carbocycles. The summed E-state index contributed by atoms with van der Waals surface area (Å²) in [7, 11) is 1.95. The average Bonchev–Trinajstić information content (AvgIpc) is 2.57. The molecule has 76 valence electrons. The van der Waals surface area contributed by atoms with Crippen LogP contribution >= 0.6 is 0 Å². The molecule has 5 nitrogen and oxygen atoms in total. The third-order valence-corrected chi connectivity index (χ3v) is 2.63. The van der Waals surface area contributed by atoms with Gasteiger partial charge in [-0.05, 0) is 13.3 Å². The van der Waals surface area contributed by atoms with E-state index < -0.39 is 5.97 Å². The topological polar surface area (TPSA) is 58.4 Å². The zero-order chi connectivity index (χ0) is 10.3. The number of fused-ring (bicyclic) bond motifs is 1. The molecule has 14 heavy (non-hydrogen) atoms. The van der Waals surface area contributed by atoms with E-state index in [1.54, 1.807) is 10.7 Å². The lowest BCUT2D eigenvalue weighted by atomic mass is 10.2. The number of rotatable bonds is 1. The van der Waals surface area contributed by atoms with E-state index in [0.29, 0.717) is 0 Å². The van der Waals surface area contributed by atoms with Gasteiger partial charge >= 0.3 is 5.97 Å². The van der Waals surface area contributed by atoms with Crippen LogP contribution in [0.2, 0.25) is 0 Å². The highest BCUT2D eigenvalue weighted by Gasteiger charge is 2.23. The van der Waals surface area contributed by atoms with E-state index in [-0.39, 0.29) is 11.7 Å². The van der Waals surface area contributed by atoms with Crippen molar-refractivity contribution in [2.75, 3.05) is 18.5 Å². The number of hydrogen-bond donors (Lipinski definition) is 1. The van der Waals surface area contributed by atoms with Gasteiger partial charge in [0.25, 0.3) is 0 Å². The molecule has 1 aliphatic rings. The van der Waals surface area contributed by atoms with E-state index in [1.165, 1.54) is 0 Å². The molecule has 5 heteroatoms. The van der Waals surface area contributed by atoms with Crippen molar-refractivity contribution in [1.82, 2.24) is 9.78 Å². The Morgan fingerprint density at radius 2 is 2.43 bits per heavy atom. The monoisotopic (exact) mass is 195 g/mol. The Morgan fingerprint density at radius 1 is 1.71 bits per heavy atom. The largest absolute Gasteiger partial charge is 0.476 e. The summed E-state index contributed by atoms with van der Waals surface area (Å²) in [5.41, 5.74) is 0.126. The number of aromatic nitrogens is 2. The fraction of sp³-hybridized carbons (Fsp3) is 0.556. The van der Waals surface area contributed by atoms with Crippen molar-refractivity contribution in [2.24, 2.45) is 0 Å². The standard InChI is InChI=1S/C9H13N3O2/c1-6-3-4-11(2)8-5-7(9(13)14)10-12(6)8/h5-6H,3-4H2,1-2H3,(H,13,14). The molecule has 1 aromatic heterocycles. The number of aromatic carboxylic acids is 1. The van der Waals surface area contributed by atoms with Gasteiger partial charge in [0.2, 0.25) is 0 Å². The molecule has 1 N–H and O–H groups in total. The van der Waals surface area contributed by atoms with E-state index in [1.807, 2.05) is 11.9 Å². The molecule has 0 aromatic carbocycles. The quantitative estimate of drug-likeness (QED) is 0.725. The first-order valence-corrected chi connectivity index (χ1v) is 4.63. The van der Waals surface area contributed by atoms with E-state index in [9.17, 15) is 4.79 Å². The van der Waals surface area contributed by atoms with Crippen LogP contribution in [0, 0.1) is 0 Å². The van der Waals surface area contributed by atoms with Crippen LogP contribution in [0.15, 0.2) is 6.07 Å². The summed E-state index contributed by atoms with van der Waals surface area (Å²) in [5.74, 6) is -0.0753. The number of carboxylic acids is 1. The second-order valence-corrected chi connectivity index (χ2v) is 3.70. The molecule has 1 unspecified atom stereocenters. The van der Waals surface area contributed by atoms with Crippen molar-refractivity contribution in [3.63, 3.8) is 0 Å². The highest BCUT2D eigenvalue weighted by Crippen LogP contribution is 2.26. The first-order valence-electron chi connectivity index (χ1n) is 4.63. The van der Waals surface area contributed by atoms with Crippen molar-refractivity contribution in [2.45, 2.75) is 19.4 Å². The predicted molar refractivity (Wildman–Crippen MR) is 51.8 cm³/mol. The van der Waals surface area contributed by atoms with Gasteiger partial charge < -0.3 is 10.0 Å². The van der Waals surface area contributed by atoms with Crippen molar-refractivity contribution in [1.29, 1.82) is 0 Å². The lowest BCUT2D eigenvalue weighted by molar-refractivity contribution is 0.0689. The normalized spacial score (nSPS) is 20.7. The molecular weight excluding hydrogens is 182 g/mol. The van der Waals surface area contributed by atoms with Gasteiger partial charge in [-0.2, -0.15) is 5.10 Å². The second kappa shape index (κ2) is 3.01. The van der Waals surface area contributed by atoms with E-state index >= 15 is 0 Å². The van der Waals surface area contributed by atoms with Crippen molar-refractivity contribution >= 4 is 11.8 Å². The molecule has 1 aliphatic heterocycles. The summed E-state index contributed by atoms with van der Waals surface area (Å²) in [6.07, 6.45) is 1.00. The van der Waals surface area contributed by atoms with Crippen LogP contribution in [-0.2, 0) is 0 Å². The van der Waals surface area contributed by atoms with Gasteiger partial charge in [0.05, 0.1) is 6.04 Å². The minimum Gasteiger partial charge on any atom is -0.476 e. The maximum atomic E-state index is 10.7.